The van der Waals surface area contributed by atoms with Crippen LogP contribution in [0.4, 0.5) is 5.95 Å². The van der Waals surface area contributed by atoms with Crippen molar-refractivity contribution in [1.82, 2.24) is 19.2 Å². The minimum Gasteiger partial charge on any atom is -0.497 e. The lowest BCUT2D eigenvalue weighted by Gasteiger charge is -2.27. The van der Waals surface area contributed by atoms with E-state index in [1.807, 2.05) is 29.9 Å². The Labute approximate surface area is 171 Å². The molecule has 8 nitrogen and oxygen atoms in total. The number of hydrogen-bond donors (Lipinski definition) is 0. The van der Waals surface area contributed by atoms with E-state index in [0.717, 1.165) is 60.6 Å². The predicted octanol–water partition coefficient (Wildman–Crippen LogP) is 2.38. The van der Waals surface area contributed by atoms with E-state index in [9.17, 15) is 0 Å². The zero-order valence-electron chi connectivity index (χ0n) is 17.1. The number of rotatable bonds is 8. The molecule has 3 rings (SSSR count). The Morgan fingerprint density at radius 2 is 1.96 bits per heavy atom. The quantitative estimate of drug-likeness (QED) is 0.623. The molecule has 0 spiro atoms. The molecule has 1 aliphatic heterocycles. The standard InChI is InChI=1S/C19H29N5O3S/c1-5-23-18(22-8-10-27-11-9-22)20-24(19(23)28)14-21(2)13-15-6-7-16(25-3)12-17(15)26-4/h6-7,12H,5,8-11,13-14H2,1-4H3. The number of hydrogen-bond acceptors (Lipinski definition) is 7. The molecule has 1 aromatic carbocycles. The van der Waals surface area contributed by atoms with Gasteiger partial charge in [-0.25, -0.2) is 4.68 Å². The first-order valence-electron chi connectivity index (χ1n) is 9.47. The lowest BCUT2D eigenvalue weighted by atomic mass is 10.2. The largest absolute Gasteiger partial charge is 0.497 e. The number of morpholine rings is 1. The first-order chi connectivity index (χ1) is 13.6. The van der Waals surface area contributed by atoms with E-state index in [2.05, 4.69) is 21.3 Å². The number of ether oxygens (including phenoxy) is 3. The van der Waals surface area contributed by atoms with Crippen molar-refractivity contribution in [3.05, 3.63) is 28.5 Å². The van der Waals surface area contributed by atoms with E-state index in [1.54, 1.807) is 14.2 Å². The highest BCUT2D eigenvalue weighted by atomic mass is 32.1. The minimum atomic E-state index is 0.596. The van der Waals surface area contributed by atoms with Crippen LogP contribution in [0.2, 0.25) is 0 Å². The number of nitrogens with zero attached hydrogens (tertiary/aromatic N) is 5. The molecule has 0 saturated carbocycles. The Balaban J connectivity index is 1.76. The van der Waals surface area contributed by atoms with E-state index in [-0.39, 0.29) is 0 Å². The highest BCUT2D eigenvalue weighted by Gasteiger charge is 2.19. The number of methoxy groups -OCH3 is 2. The monoisotopic (exact) mass is 407 g/mol. The van der Waals surface area contributed by atoms with Crippen LogP contribution in [0, 0.1) is 4.77 Å². The van der Waals surface area contributed by atoms with Gasteiger partial charge in [-0.05, 0) is 32.3 Å². The van der Waals surface area contributed by atoms with Crippen LogP contribution in [-0.4, -0.2) is 66.8 Å². The lowest BCUT2D eigenvalue weighted by molar-refractivity contribution is 0.121. The van der Waals surface area contributed by atoms with Crippen molar-refractivity contribution < 1.29 is 14.2 Å². The third kappa shape index (κ3) is 4.48. The Kier molecular flexibility index (Phi) is 6.93. The fraction of sp³-hybridized carbons (Fsp3) is 0.579. The molecule has 2 heterocycles. The normalized spacial score (nSPS) is 14.5. The van der Waals surface area contributed by atoms with Crippen molar-refractivity contribution in [3.63, 3.8) is 0 Å². The summed E-state index contributed by atoms with van der Waals surface area (Å²) in [6.07, 6.45) is 0. The van der Waals surface area contributed by atoms with Gasteiger partial charge in [0, 0.05) is 37.8 Å². The fourth-order valence-electron chi connectivity index (χ4n) is 3.35. The Morgan fingerprint density at radius 1 is 1.21 bits per heavy atom. The molecule has 2 aromatic rings. The van der Waals surface area contributed by atoms with Gasteiger partial charge in [-0.15, -0.1) is 5.10 Å². The van der Waals surface area contributed by atoms with Crippen molar-refractivity contribution in [3.8, 4) is 11.5 Å². The molecular formula is C19H29N5O3S. The highest BCUT2D eigenvalue weighted by molar-refractivity contribution is 7.71. The van der Waals surface area contributed by atoms with Gasteiger partial charge >= 0.3 is 0 Å². The molecule has 0 bridgehead atoms. The summed E-state index contributed by atoms with van der Waals surface area (Å²) in [5, 5.41) is 4.81. The third-order valence-corrected chi connectivity index (χ3v) is 5.25. The van der Waals surface area contributed by atoms with Crippen molar-refractivity contribution in [1.29, 1.82) is 0 Å². The summed E-state index contributed by atoms with van der Waals surface area (Å²) in [5.41, 5.74) is 1.08. The van der Waals surface area contributed by atoms with E-state index in [1.165, 1.54) is 0 Å². The smallest absolute Gasteiger partial charge is 0.226 e. The van der Waals surface area contributed by atoms with Gasteiger partial charge in [0.25, 0.3) is 0 Å². The Bertz CT molecular complexity index is 845. The van der Waals surface area contributed by atoms with Gasteiger partial charge in [-0.3, -0.25) is 9.47 Å². The maximum Gasteiger partial charge on any atom is 0.226 e. The molecule has 28 heavy (non-hydrogen) atoms. The van der Waals surface area contributed by atoms with Gasteiger partial charge < -0.3 is 19.1 Å². The Morgan fingerprint density at radius 3 is 2.61 bits per heavy atom. The number of aromatic nitrogens is 3. The second kappa shape index (κ2) is 9.40. The zero-order valence-corrected chi connectivity index (χ0v) is 17.9. The first kappa shape index (κ1) is 20.6. The third-order valence-electron chi connectivity index (χ3n) is 4.82. The second-order valence-electron chi connectivity index (χ2n) is 6.76. The van der Waals surface area contributed by atoms with Gasteiger partial charge in [-0.1, -0.05) is 6.07 Å². The molecule has 0 radical (unpaired) electrons. The minimum absolute atomic E-state index is 0.596. The van der Waals surface area contributed by atoms with Gasteiger partial charge in [0.05, 0.1) is 34.1 Å². The van der Waals surface area contributed by atoms with Crippen LogP contribution in [0.15, 0.2) is 18.2 Å². The summed E-state index contributed by atoms with van der Waals surface area (Å²) >= 11 is 5.68. The maximum absolute atomic E-state index is 5.68. The molecule has 0 N–H and O–H groups in total. The van der Waals surface area contributed by atoms with Gasteiger partial charge in [0.1, 0.15) is 11.5 Å². The van der Waals surface area contributed by atoms with Crippen LogP contribution in [0.5, 0.6) is 11.5 Å². The summed E-state index contributed by atoms with van der Waals surface area (Å²) in [4.78, 5) is 4.40. The maximum atomic E-state index is 5.68. The summed E-state index contributed by atoms with van der Waals surface area (Å²) in [6, 6.07) is 5.87. The van der Waals surface area contributed by atoms with Crippen LogP contribution < -0.4 is 14.4 Å². The molecule has 0 amide bonds. The summed E-state index contributed by atoms with van der Waals surface area (Å²) in [7, 11) is 5.37. The summed E-state index contributed by atoms with van der Waals surface area (Å²) < 4.78 is 21.0. The SMILES string of the molecule is CCn1c(N2CCOCC2)nn(CN(C)Cc2ccc(OC)cc2OC)c1=S. The van der Waals surface area contributed by atoms with E-state index >= 15 is 0 Å². The van der Waals surface area contributed by atoms with Crippen molar-refractivity contribution in [2.75, 3.05) is 52.5 Å². The zero-order chi connectivity index (χ0) is 20.1. The number of benzene rings is 1. The summed E-state index contributed by atoms with van der Waals surface area (Å²) in [5.74, 6) is 2.51. The van der Waals surface area contributed by atoms with Gasteiger partial charge in [0.2, 0.25) is 10.7 Å². The molecule has 1 fully saturated rings. The summed E-state index contributed by atoms with van der Waals surface area (Å²) in [6.45, 7) is 7.31. The average Bonchev–Trinajstić information content (AvgIpc) is 3.04. The van der Waals surface area contributed by atoms with Gasteiger partial charge in [-0.2, -0.15) is 0 Å². The predicted molar refractivity (Wildman–Crippen MR) is 111 cm³/mol. The number of anilines is 1. The molecule has 154 valence electrons. The highest BCUT2D eigenvalue weighted by Crippen LogP contribution is 2.25. The molecule has 1 saturated heterocycles. The fourth-order valence-corrected chi connectivity index (χ4v) is 3.66. The van der Waals surface area contributed by atoms with Crippen LogP contribution >= 0.6 is 12.2 Å². The van der Waals surface area contributed by atoms with E-state index in [0.29, 0.717) is 13.2 Å². The van der Waals surface area contributed by atoms with E-state index < -0.39 is 0 Å². The molecule has 0 aliphatic carbocycles. The van der Waals surface area contributed by atoms with Crippen molar-refractivity contribution >= 4 is 18.2 Å². The van der Waals surface area contributed by atoms with Crippen molar-refractivity contribution in [2.24, 2.45) is 0 Å². The average molecular weight is 408 g/mol. The molecule has 1 aliphatic rings. The molecule has 0 atom stereocenters. The van der Waals surface area contributed by atoms with Crippen molar-refractivity contribution in [2.45, 2.75) is 26.7 Å². The van der Waals surface area contributed by atoms with Crippen LogP contribution in [0.3, 0.4) is 0 Å². The molecular weight excluding hydrogens is 378 g/mol. The van der Waals surface area contributed by atoms with Gasteiger partial charge in [0.15, 0.2) is 0 Å². The lowest BCUT2D eigenvalue weighted by Crippen LogP contribution is -2.38. The van der Waals surface area contributed by atoms with Crippen LogP contribution in [0.1, 0.15) is 12.5 Å². The first-order valence-corrected chi connectivity index (χ1v) is 9.88. The second-order valence-corrected chi connectivity index (χ2v) is 7.12. The van der Waals surface area contributed by atoms with Crippen LogP contribution in [-0.2, 0) is 24.5 Å². The van der Waals surface area contributed by atoms with E-state index in [4.69, 9.17) is 31.5 Å². The molecule has 9 heteroatoms. The molecule has 0 unspecified atom stereocenters. The Hall–Kier alpha value is -2.10. The van der Waals surface area contributed by atoms with Crippen LogP contribution in [0.25, 0.3) is 0 Å². The topological polar surface area (TPSA) is 56.9 Å². The molecule has 1 aromatic heterocycles.